The molecule has 1 amide bonds. The van der Waals surface area contributed by atoms with Gasteiger partial charge in [-0.05, 0) is 11.6 Å². The van der Waals surface area contributed by atoms with Crippen LogP contribution in [0.1, 0.15) is 15.9 Å². The number of alkyl halides is 3. The first kappa shape index (κ1) is 17.5. The fraction of sp³-hybridized carbons (Fsp3) is 0.267. The number of methoxy groups -OCH3 is 1. The Morgan fingerprint density at radius 3 is 2.38 bits per heavy atom. The highest BCUT2D eigenvalue weighted by Gasteiger charge is 2.28. The summed E-state index contributed by atoms with van der Waals surface area (Å²) in [5.74, 6) is -0.160. The molecule has 0 aromatic carbocycles. The van der Waals surface area contributed by atoms with Gasteiger partial charge in [0.1, 0.15) is 0 Å². The second-order valence-electron chi connectivity index (χ2n) is 4.68. The molecule has 0 aliphatic carbocycles. The lowest BCUT2D eigenvalue weighted by molar-refractivity contribution is -0.154. The first-order valence-corrected chi connectivity index (χ1v) is 6.80. The van der Waals surface area contributed by atoms with E-state index in [-0.39, 0.29) is 18.0 Å². The highest BCUT2D eigenvalue weighted by molar-refractivity contribution is 5.93. The number of amides is 1. The topological polar surface area (TPSA) is 73.3 Å². The van der Waals surface area contributed by atoms with Crippen LogP contribution in [0.2, 0.25) is 0 Å². The first-order valence-electron chi connectivity index (χ1n) is 6.80. The number of carbonyl (C=O) groups excluding carboxylic acids is 1. The van der Waals surface area contributed by atoms with Gasteiger partial charge >= 0.3 is 6.18 Å². The monoisotopic (exact) mass is 341 g/mol. The minimum atomic E-state index is -4.44. The number of nitrogens with one attached hydrogen (secondary N) is 1. The molecule has 0 unspecified atom stereocenters. The summed E-state index contributed by atoms with van der Waals surface area (Å²) in [5.41, 5.74) is 0.970. The zero-order valence-electron chi connectivity index (χ0n) is 12.6. The van der Waals surface area contributed by atoms with Crippen LogP contribution in [-0.4, -0.2) is 35.8 Å². The van der Waals surface area contributed by atoms with Gasteiger partial charge in [-0.2, -0.15) is 13.2 Å². The van der Waals surface area contributed by atoms with Crippen LogP contribution in [0.15, 0.2) is 36.7 Å². The van der Waals surface area contributed by atoms with Crippen LogP contribution in [-0.2, 0) is 6.54 Å². The molecule has 0 fully saturated rings. The molecule has 0 aliphatic heterocycles. The van der Waals surface area contributed by atoms with Gasteiger partial charge in [-0.1, -0.05) is 6.07 Å². The SMILES string of the molecule is COc1ccc(CNC(=O)c2ccc(OCC(F)(F)F)nc2)cn1. The first-order chi connectivity index (χ1) is 11.4. The van der Waals surface area contributed by atoms with Crippen molar-refractivity contribution < 1.29 is 27.4 Å². The summed E-state index contributed by atoms with van der Waals surface area (Å²) < 4.78 is 45.5. The summed E-state index contributed by atoms with van der Waals surface area (Å²) in [6, 6.07) is 5.95. The lowest BCUT2D eigenvalue weighted by Gasteiger charge is -2.09. The Hall–Kier alpha value is -2.84. The molecule has 0 saturated carbocycles. The van der Waals surface area contributed by atoms with Gasteiger partial charge in [0.25, 0.3) is 5.91 Å². The number of hydrogen-bond acceptors (Lipinski definition) is 5. The van der Waals surface area contributed by atoms with E-state index in [1.54, 1.807) is 18.3 Å². The van der Waals surface area contributed by atoms with Crippen molar-refractivity contribution in [1.29, 1.82) is 0 Å². The maximum Gasteiger partial charge on any atom is 0.422 e. The van der Waals surface area contributed by atoms with Crippen LogP contribution < -0.4 is 14.8 Å². The molecule has 0 atom stereocenters. The molecule has 0 aliphatic rings. The Morgan fingerprint density at radius 2 is 1.83 bits per heavy atom. The van der Waals surface area contributed by atoms with Crippen molar-refractivity contribution in [3.8, 4) is 11.8 Å². The van der Waals surface area contributed by atoms with Crippen molar-refractivity contribution in [1.82, 2.24) is 15.3 Å². The normalized spacial score (nSPS) is 11.0. The zero-order chi connectivity index (χ0) is 17.6. The summed E-state index contributed by atoms with van der Waals surface area (Å²) in [5, 5.41) is 2.65. The fourth-order valence-electron chi connectivity index (χ4n) is 1.68. The number of hydrogen-bond donors (Lipinski definition) is 1. The lowest BCUT2D eigenvalue weighted by Crippen LogP contribution is -2.23. The van der Waals surface area contributed by atoms with Crippen molar-refractivity contribution in [2.24, 2.45) is 0 Å². The Morgan fingerprint density at radius 1 is 1.12 bits per heavy atom. The molecule has 1 N–H and O–H groups in total. The smallest absolute Gasteiger partial charge is 0.422 e. The van der Waals surface area contributed by atoms with E-state index in [9.17, 15) is 18.0 Å². The summed E-state index contributed by atoms with van der Waals surface area (Å²) in [6.45, 7) is -1.20. The van der Waals surface area contributed by atoms with E-state index >= 15 is 0 Å². The molecule has 0 radical (unpaired) electrons. The van der Waals surface area contributed by atoms with Crippen LogP contribution in [0.5, 0.6) is 11.8 Å². The number of pyridine rings is 2. The Kier molecular flexibility index (Phi) is 5.56. The minimum Gasteiger partial charge on any atom is -0.481 e. The van der Waals surface area contributed by atoms with E-state index < -0.39 is 18.7 Å². The molecule has 6 nitrogen and oxygen atoms in total. The van der Waals surface area contributed by atoms with Crippen molar-refractivity contribution in [3.63, 3.8) is 0 Å². The van der Waals surface area contributed by atoms with E-state index in [4.69, 9.17) is 4.74 Å². The molecule has 24 heavy (non-hydrogen) atoms. The van der Waals surface area contributed by atoms with Gasteiger partial charge in [-0.3, -0.25) is 4.79 Å². The number of ether oxygens (including phenoxy) is 2. The number of halogens is 3. The minimum absolute atomic E-state index is 0.204. The predicted octanol–water partition coefficient (Wildman–Crippen LogP) is 2.36. The van der Waals surface area contributed by atoms with Crippen molar-refractivity contribution in [3.05, 3.63) is 47.8 Å². The third kappa shape index (κ3) is 5.41. The molecule has 2 aromatic rings. The predicted molar refractivity (Wildman–Crippen MR) is 77.7 cm³/mol. The molecular formula is C15H14F3N3O3. The van der Waals surface area contributed by atoms with Gasteiger partial charge in [0.05, 0.1) is 12.7 Å². The lowest BCUT2D eigenvalue weighted by atomic mass is 10.2. The zero-order valence-corrected chi connectivity index (χ0v) is 12.6. The van der Waals surface area contributed by atoms with Crippen LogP contribution in [0.4, 0.5) is 13.2 Å². The standard InChI is InChI=1S/C15H14F3N3O3/c1-23-12-4-2-10(6-19-12)7-21-14(22)11-3-5-13(20-8-11)24-9-15(16,17)18/h2-6,8H,7,9H2,1H3,(H,21,22). The number of rotatable bonds is 6. The molecule has 0 saturated heterocycles. The van der Waals surface area contributed by atoms with Gasteiger partial charge < -0.3 is 14.8 Å². The number of aromatic nitrogens is 2. The van der Waals surface area contributed by atoms with Crippen molar-refractivity contribution in [2.45, 2.75) is 12.7 Å². The van der Waals surface area contributed by atoms with E-state index in [1.165, 1.54) is 19.2 Å². The second-order valence-corrected chi connectivity index (χ2v) is 4.68. The van der Waals surface area contributed by atoms with Gasteiger partial charge in [0, 0.05) is 31.1 Å². The van der Waals surface area contributed by atoms with E-state index in [0.29, 0.717) is 5.88 Å². The average Bonchev–Trinajstić information content (AvgIpc) is 2.58. The molecule has 0 spiro atoms. The molecular weight excluding hydrogens is 327 g/mol. The Bertz CT molecular complexity index is 673. The summed E-state index contributed by atoms with van der Waals surface area (Å²) >= 11 is 0. The summed E-state index contributed by atoms with van der Waals surface area (Å²) in [7, 11) is 1.50. The quantitative estimate of drug-likeness (QED) is 0.873. The summed E-state index contributed by atoms with van der Waals surface area (Å²) in [6.07, 6.45) is -1.73. The van der Waals surface area contributed by atoms with Crippen LogP contribution in [0.3, 0.4) is 0 Å². The van der Waals surface area contributed by atoms with E-state index in [2.05, 4.69) is 20.0 Å². The van der Waals surface area contributed by atoms with Gasteiger partial charge in [0.15, 0.2) is 6.61 Å². The number of nitrogens with zero attached hydrogens (tertiary/aromatic N) is 2. The summed E-state index contributed by atoms with van der Waals surface area (Å²) in [4.78, 5) is 19.6. The molecule has 2 heterocycles. The molecule has 2 rings (SSSR count). The molecule has 0 bridgehead atoms. The third-order valence-electron chi connectivity index (χ3n) is 2.84. The second kappa shape index (κ2) is 7.62. The largest absolute Gasteiger partial charge is 0.481 e. The average molecular weight is 341 g/mol. The molecule has 128 valence electrons. The van der Waals surface area contributed by atoms with Gasteiger partial charge in [-0.15, -0.1) is 0 Å². The maximum atomic E-state index is 12.0. The van der Waals surface area contributed by atoms with Crippen molar-refractivity contribution in [2.75, 3.05) is 13.7 Å². The Balaban J connectivity index is 1.87. The van der Waals surface area contributed by atoms with Crippen LogP contribution in [0.25, 0.3) is 0 Å². The highest BCUT2D eigenvalue weighted by Crippen LogP contribution is 2.17. The van der Waals surface area contributed by atoms with Crippen LogP contribution in [0, 0.1) is 0 Å². The molecule has 2 aromatic heterocycles. The Labute approximate surface area is 135 Å². The van der Waals surface area contributed by atoms with E-state index in [0.717, 1.165) is 11.8 Å². The van der Waals surface area contributed by atoms with Crippen LogP contribution >= 0.6 is 0 Å². The molecule has 9 heteroatoms. The van der Waals surface area contributed by atoms with Gasteiger partial charge in [0.2, 0.25) is 11.8 Å². The van der Waals surface area contributed by atoms with Gasteiger partial charge in [-0.25, -0.2) is 9.97 Å². The fourth-order valence-corrected chi connectivity index (χ4v) is 1.68. The van der Waals surface area contributed by atoms with Crippen molar-refractivity contribution >= 4 is 5.91 Å². The number of carbonyl (C=O) groups is 1. The highest BCUT2D eigenvalue weighted by atomic mass is 19.4. The van der Waals surface area contributed by atoms with E-state index in [1.807, 2.05) is 0 Å². The third-order valence-corrected chi connectivity index (χ3v) is 2.84. The maximum absolute atomic E-state index is 12.0.